The van der Waals surface area contributed by atoms with Gasteiger partial charge < -0.3 is 0 Å². The van der Waals surface area contributed by atoms with E-state index in [0.29, 0.717) is 17.5 Å². The highest BCUT2D eigenvalue weighted by Crippen LogP contribution is 2.45. The van der Waals surface area contributed by atoms with E-state index in [2.05, 4.69) is 194 Å². The summed E-state index contributed by atoms with van der Waals surface area (Å²) in [6.45, 7) is 0. The van der Waals surface area contributed by atoms with E-state index in [4.69, 9.17) is 15.0 Å². The van der Waals surface area contributed by atoms with Gasteiger partial charge in [0, 0.05) is 36.9 Å². The highest BCUT2D eigenvalue weighted by atomic mass is 32.1. The lowest BCUT2D eigenvalue weighted by atomic mass is 9.86. The van der Waals surface area contributed by atoms with E-state index in [0.717, 1.165) is 27.8 Å². The first-order valence-electron chi connectivity index (χ1n) is 22.1. The van der Waals surface area contributed by atoms with Gasteiger partial charge in [-0.05, 0) is 117 Å². The van der Waals surface area contributed by atoms with Crippen LogP contribution in [0.5, 0.6) is 0 Å². The Kier molecular flexibility index (Phi) is 7.85. The highest BCUT2D eigenvalue weighted by molar-refractivity contribution is 7.25. The molecule has 2 heterocycles. The molecule has 0 bridgehead atoms. The molecule has 0 aliphatic heterocycles. The third kappa shape index (κ3) is 5.71. The quantitative estimate of drug-likeness (QED) is 0.162. The predicted octanol–water partition coefficient (Wildman–Crippen LogP) is 16.9. The molecule has 14 rings (SSSR count). The fraction of sp³-hybridized carbons (Fsp3) is 0. The number of thiophene rings is 1. The lowest BCUT2D eigenvalue weighted by Crippen LogP contribution is -2.00. The number of hydrogen-bond donors (Lipinski definition) is 0. The molecule has 4 heteroatoms. The molecule has 0 radical (unpaired) electrons. The van der Waals surface area contributed by atoms with Gasteiger partial charge in [-0.3, -0.25) is 0 Å². The number of benzene rings is 11. The van der Waals surface area contributed by atoms with Gasteiger partial charge in [-0.2, -0.15) is 0 Å². The van der Waals surface area contributed by atoms with Gasteiger partial charge in [0.2, 0.25) is 0 Å². The molecule has 12 aromatic carbocycles. The summed E-state index contributed by atoms with van der Waals surface area (Å²) in [5.41, 5.74) is 7.46. The molecule has 0 atom stereocenters. The van der Waals surface area contributed by atoms with Crippen LogP contribution in [0.1, 0.15) is 0 Å². The maximum Gasteiger partial charge on any atom is 0.164 e. The minimum Gasteiger partial charge on any atom is -0.208 e. The summed E-state index contributed by atoms with van der Waals surface area (Å²) < 4.78 is 2.49. The van der Waals surface area contributed by atoms with Crippen molar-refractivity contribution in [1.29, 1.82) is 0 Å². The fourth-order valence-corrected chi connectivity index (χ4v) is 11.5. The van der Waals surface area contributed by atoms with Gasteiger partial charge in [-0.15, -0.1) is 11.3 Å². The van der Waals surface area contributed by atoms with Crippen LogP contribution < -0.4 is 0 Å². The monoisotopic (exact) mass is 841 g/mol. The Morgan fingerprint density at radius 2 is 0.692 bits per heavy atom. The number of aromatic nitrogens is 3. The molecule has 0 aliphatic carbocycles. The fourth-order valence-electron chi connectivity index (χ4n) is 10.4. The third-order valence-electron chi connectivity index (χ3n) is 13.4. The van der Waals surface area contributed by atoms with E-state index in [-0.39, 0.29) is 0 Å². The molecular weight excluding hydrogens is 807 g/mol. The minimum atomic E-state index is 0.643. The van der Waals surface area contributed by atoms with Gasteiger partial charge in [0.15, 0.2) is 17.5 Å². The average molecular weight is 842 g/mol. The van der Waals surface area contributed by atoms with E-state index in [1.54, 1.807) is 11.3 Å². The van der Waals surface area contributed by atoms with Crippen LogP contribution in [-0.2, 0) is 0 Å². The predicted molar refractivity (Wildman–Crippen MR) is 276 cm³/mol. The van der Waals surface area contributed by atoms with Crippen molar-refractivity contribution >= 4 is 96.1 Å². The van der Waals surface area contributed by atoms with Gasteiger partial charge in [-0.1, -0.05) is 182 Å². The normalized spacial score (nSPS) is 12.0. The summed E-state index contributed by atoms with van der Waals surface area (Å²) in [6, 6.07) is 77.2. The van der Waals surface area contributed by atoms with Crippen LogP contribution in [0.25, 0.3) is 141 Å². The van der Waals surface area contributed by atoms with Crippen molar-refractivity contribution in [2.75, 3.05) is 0 Å². The van der Waals surface area contributed by atoms with Crippen molar-refractivity contribution in [3.8, 4) is 56.4 Å². The van der Waals surface area contributed by atoms with E-state index < -0.39 is 0 Å². The Morgan fingerprint density at radius 1 is 0.231 bits per heavy atom. The van der Waals surface area contributed by atoms with Crippen LogP contribution in [0.15, 0.2) is 212 Å². The molecule has 65 heavy (non-hydrogen) atoms. The number of rotatable bonds is 5. The van der Waals surface area contributed by atoms with Crippen molar-refractivity contribution in [3.63, 3.8) is 0 Å². The zero-order valence-corrected chi connectivity index (χ0v) is 35.8. The first kappa shape index (κ1) is 36.2. The number of hydrogen-bond acceptors (Lipinski definition) is 4. The van der Waals surface area contributed by atoms with Gasteiger partial charge in [0.05, 0.1) is 0 Å². The molecule has 0 fully saturated rings. The Morgan fingerprint density at radius 3 is 1.37 bits per heavy atom. The van der Waals surface area contributed by atoms with Crippen LogP contribution in [0.3, 0.4) is 0 Å². The second kappa shape index (κ2) is 14.1. The first-order valence-corrected chi connectivity index (χ1v) is 22.9. The average Bonchev–Trinajstić information content (AvgIpc) is 3.75. The lowest BCUT2D eigenvalue weighted by Gasteiger charge is -2.17. The molecule has 0 saturated carbocycles. The molecule has 0 unspecified atom stereocenters. The maximum atomic E-state index is 5.15. The van der Waals surface area contributed by atoms with Gasteiger partial charge >= 0.3 is 0 Å². The number of fused-ring (bicyclic) bond motifs is 5. The first-order chi connectivity index (χ1) is 32.2. The Balaban J connectivity index is 0.889. The van der Waals surface area contributed by atoms with Gasteiger partial charge in [0.1, 0.15) is 0 Å². The summed E-state index contributed by atoms with van der Waals surface area (Å²) in [5, 5.41) is 18.0. The second-order valence-corrected chi connectivity index (χ2v) is 18.2. The van der Waals surface area contributed by atoms with E-state index in [1.807, 2.05) is 18.2 Å². The van der Waals surface area contributed by atoms with Crippen LogP contribution in [-0.4, -0.2) is 15.0 Å². The molecule has 300 valence electrons. The SMILES string of the molecule is c1ccc(-c2nc(-c3cccc(-c4ccc(-c5cc6ccc7cccc8c9cccc%10ccc%11cccc(c(c5)c6c78)c%11c%109)cc4)c3)nc(-c3ccc4c(c3)sc3ccccc34)n2)cc1. The molecule has 14 aromatic rings. The Labute approximate surface area is 377 Å². The Bertz CT molecular complexity index is 4220. The summed E-state index contributed by atoms with van der Waals surface area (Å²) >= 11 is 1.80. The van der Waals surface area contributed by atoms with Crippen molar-refractivity contribution in [3.05, 3.63) is 212 Å². The molecule has 0 N–H and O–H groups in total. The van der Waals surface area contributed by atoms with Crippen molar-refractivity contribution < 1.29 is 0 Å². The molecule has 3 nitrogen and oxygen atoms in total. The van der Waals surface area contributed by atoms with E-state index in [9.17, 15) is 0 Å². The zero-order chi connectivity index (χ0) is 42.6. The van der Waals surface area contributed by atoms with Crippen molar-refractivity contribution in [2.24, 2.45) is 0 Å². The minimum absolute atomic E-state index is 0.643. The van der Waals surface area contributed by atoms with Crippen LogP contribution in [0, 0.1) is 0 Å². The smallest absolute Gasteiger partial charge is 0.164 e. The van der Waals surface area contributed by atoms with Gasteiger partial charge in [-0.25, -0.2) is 15.0 Å². The summed E-state index contributed by atoms with van der Waals surface area (Å²) in [5.74, 6) is 1.95. The topological polar surface area (TPSA) is 38.7 Å². The summed E-state index contributed by atoms with van der Waals surface area (Å²) in [7, 11) is 0. The molecular formula is C61H35N3S. The zero-order valence-electron chi connectivity index (χ0n) is 35.0. The van der Waals surface area contributed by atoms with Crippen LogP contribution >= 0.6 is 11.3 Å². The standard InChI is InChI=1S/C61H35N3S/c1-2-10-41(11-3-1)59-62-60(64-61(63-59)45-30-31-48-47-17-4-5-21-53(47)65-54(48)35-45)44-16-6-15-42(32-44)36-22-24-37(25-23-36)46-33-43-29-28-40-13-8-19-50-49-18-7-12-38-26-27-39-14-9-20-51(57(39)55(38)49)52(34-46)58(43)56(40)50/h1-35H. The summed E-state index contributed by atoms with van der Waals surface area (Å²) in [4.78, 5) is 15.3. The third-order valence-corrected chi connectivity index (χ3v) is 14.5. The highest BCUT2D eigenvalue weighted by Gasteiger charge is 2.18. The molecule has 0 amide bonds. The Hall–Kier alpha value is -8.31. The molecule has 2 aromatic heterocycles. The molecule has 0 aliphatic rings. The van der Waals surface area contributed by atoms with Crippen LogP contribution in [0.4, 0.5) is 0 Å². The number of nitrogens with zero attached hydrogens (tertiary/aromatic N) is 3. The lowest BCUT2D eigenvalue weighted by molar-refractivity contribution is 1.07. The van der Waals surface area contributed by atoms with Crippen molar-refractivity contribution in [2.45, 2.75) is 0 Å². The van der Waals surface area contributed by atoms with Gasteiger partial charge in [0.25, 0.3) is 0 Å². The summed E-state index contributed by atoms with van der Waals surface area (Å²) in [6.07, 6.45) is 0. The second-order valence-electron chi connectivity index (χ2n) is 17.1. The van der Waals surface area contributed by atoms with E-state index >= 15 is 0 Å². The molecule has 0 spiro atoms. The largest absolute Gasteiger partial charge is 0.208 e. The molecule has 0 saturated heterocycles. The maximum absolute atomic E-state index is 5.15. The van der Waals surface area contributed by atoms with Crippen LogP contribution in [0.2, 0.25) is 0 Å². The van der Waals surface area contributed by atoms with Crippen molar-refractivity contribution in [1.82, 2.24) is 15.0 Å². The van der Waals surface area contributed by atoms with E-state index in [1.165, 1.54) is 95.9 Å².